The van der Waals surface area contributed by atoms with Crippen molar-refractivity contribution in [2.75, 3.05) is 18.6 Å². The van der Waals surface area contributed by atoms with Crippen molar-refractivity contribution in [3.8, 4) is 17.1 Å². The molecule has 4 rings (SSSR count). The third-order valence-electron chi connectivity index (χ3n) is 4.82. The van der Waals surface area contributed by atoms with Gasteiger partial charge in [-0.15, -0.1) is 0 Å². The van der Waals surface area contributed by atoms with Crippen molar-refractivity contribution < 1.29 is 22.1 Å². The number of benzene rings is 1. The lowest BCUT2D eigenvalue weighted by Crippen LogP contribution is -2.35. The summed E-state index contributed by atoms with van der Waals surface area (Å²) < 4.78 is 39.9. The van der Waals surface area contributed by atoms with Crippen molar-refractivity contribution in [1.82, 2.24) is 15.0 Å². The van der Waals surface area contributed by atoms with Crippen LogP contribution in [0.25, 0.3) is 11.4 Å². The molecule has 0 radical (unpaired) electrons. The predicted octanol–water partition coefficient (Wildman–Crippen LogP) is 2.53. The lowest BCUT2D eigenvalue weighted by Gasteiger charge is -2.25. The van der Waals surface area contributed by atoms with E-state index >= 15 is 0 Å². The maximum Gasteiger partial charge on any atom is 0.241 e. The van der Waals surface area contributed by atoms with Gasteiger partial charge in [-0.3, -0.25) is 4.90 Å². The Kier molecular flexibility index (Phi) is 5.19. The number of ether oxygens (including phenoxy) is 1. The van der Waals surface area contributed by atoms with E-state index in [2.05, 4.69) is 10.1 Å². The van der Waals surface area contributed by atoms with E-state index in [4.69, 9.17) is 13.7 Å². The fourth-order valence-electron chi connectivity index (χ4n) is 3.33. The molecule has 8 nitrogen and oxygen atoms in total. The van der Waals surface area contributed by atoms with Crippen LogP contribution in [0.2, 0.25) is 0 Å². The van der Waals surface area contributed by atoms with Crippen molar-refractivity contribution in [2.24, 2.45) is 0 Å². The molecule has 1 aliphatic heterocycles. The summed E-state index contributed by atoms with van der Waals surface area (Å²) in [5.41, 5.74) is 0.817. The standard InChI is InChI=1S/C19H21N3O5S/c1-25-16-6-4-14(5-7-16)19-20-18(27-21-19)12-22(11-17-3-2-9-26-17)15-8-10-28(23,24)13-15/h2-7,9,15H,8,10-13H2,1H3. The first-order valence-corrected chi connectivity index (χ1v) is 10.8. The van der Waals surface area contributed by atoms with Gasteiger partial charge in [-0.1, -0.05) is 5.16 Å². The van der Waals surface area contributed by atoms with Gasteiger partial charge in [0.25, 0.3) is 0 Å². The highest BCUT2D eigenvalue weighted by Gasteiger charge is 2.33. The third-order valence-corrected chi connectivity index (χ3v) is 6.57. The van der Waals surface area contributed by atoms with Gasteiger partial charge in [0.2, 0.25) is 11.7 Å². The van der Waals surface area contributed by atoms with Gasteiger partial charge < -0.3 is 13.7 Å². The molecule has 148 valence electrons. The van der Waals surface area contributed by atoms with Crippen LogP contribution in [0.5, 0.6) is 5.75 Å². The second kappa shape index (κ2) is 7.76. The van der Waals surface area contributed by atoms with Crippen LogP contribution in [0.3, 0.4) is 0 Å². The van der Waals surface area contributed by atoms with Gasteiger partial charge in [0, 0.05) is 11.6 Å². The van der Waals surface area contributed by atoms with Gasteiger partial charge in [0.05, 0.1) is 38.0 Å². The van der Waals surface area contributed by atoms with E-state index in [1.54, 1.807) is 13.4 Å². The maximum atomic E-state index is 11.9. The zero-order chi connectivity index (χ0) is 19.6. The Labute approximate surface area is 163 Å². The normalized spacial score (nSPS) is 18.6. The molecule has 1 fully saturated rings. The van der Waals surface area contributed by atoms with Crippen LogP contribution < -0.4 is 4.74 Å². The Hall–Kier alpha value is -2.65. The fraction of sp³-hybridized carbons (Fsp3) is 0.368. The molecule has 9 heteroatoms. The summed E-state index contributed by atoms with van der Waals surface area (Å²) in [6.45, 7) is 0.831. The van der Waals surface area contributed by atoms with E-state index < -0.39 is 9.84 Å². The van der Waals surface area contributed by atoms with E-state index in [-0.39, 0.29) is 17.5 Å². The smallest absolute Gasteiger partial charge is 0.241 e. The first-order valence-electron chi connectivity index (χ1n) is 8.96. The molecule has 3 heterocycles. The zero-order valence-electron chi connectivity index (χ0n) is 15.4. The second-order valence-corrected chi connectivity index (χ2v) is 9.01. The van der Waals surface area contributed by atoms with E-state index in [0.29, 0.717) is 31.2 Å². The second-order valence-electron chi connectivity index (χ2n) is 6.78. The molecule has 3 aromatic rings. The van der Waals surface area contributed by atoms with Crippen molar-refractivity contribution >= 4 is 9.84 Å². The molecule has 0 bridgehead atoms. The van der Waals surface area contributed by atoms with Gasteiger partial charge in [-0.05, 0) is 42.8 Å². The minimum absolute atomic E-state index is 0.105. The SMILES string of the molecule is COc1ccc(-c2noc(CN(Cc3ccco3)C3CCS(=O)(=O)C3)n2)cc1. The molecular formula is C19H21N3O5S. The lowest BCUT2D eigenvalue weighted by atomic mass is 10.2. The molecule has 0 saturated carbocycles. The Morgan fingerprint density at radius 3 is 2.68 bits per heavy atom. The summed E-state index contributed by atoms with van der Waals surface area (Å²) in [4.78, 5) is 6.50. The summed E-state index contributed by atoms with van der Waals surface area (Å²) in [6, 6.07) is 11.0. The zero-order valence-corrected chi connectivity index (χ0v) is 16.3. The lowest BCUT2D eigenvalue weighted by molar-refractivity contribution is 0.157. The van der Waals surface area contributed by atoms with Crippen molar-refractivity contribution in [3.63, 3.8) is 0 Å². The quantitative estimate of drug-likeness (QED) is 0.593. The van der Waals surface area contributed by atoms with Crippen LogP contribution in [-0.4, -0.2) is 48.1 Å². The topological polar surface area (TPSA) is 98.7 Å². The Bertz CT molecular complexity index is 1010. The van der Waals surface area contributed by atoms with E-state index in [1.807, 2.05) is 41.3 Å². The fourth-order valence-corrected chi connectivity index (χ4v) is 5.09. The molecule has 1 unspecified atom stereocenters. The summed E-state index contributed by atoms with van der Waals surface area (Å²) in [6.07, 6.45) is 2.19. The van der Waals surface area contributed by atoms with E-state index in [9.17, 15) is 8.42 Å². The van der Waals surface area contributed by atoms with Crippen LogP contribution in [-0.2, 0) is 22.9 Å². The minimum Gasteiger partial charge on any atom is -0.497 e. The van der Waals surface area contributed by atoms with Gasteiger partial charge in [0.1, 0.15) is 11.5 Å². The Morgan fingerprint density at radius 2 is 2.04 bits per heavy atom. The molecule has 1 aliphatic rings. The molecule has 1 atom stereocenters. The molecule has 0 spiro atoms. The van der Waals surface area contributed by atoms with Gasteiger partial charge in [-0.25, -0.2) is 8.42 Å². The summed E-state index contributed by atoms with van der Waals surface area (Å²) in [5, 5.41) is 4.05. The molecule has 2 aromatic heterocycles. The monoisotopic (exact) mass is 403 g/mol. The number of aromatic nitrogens is 2. The number of sulfone groups is 1. The predicted molar refractivity (Wildman–Crippen MR) is 101 cm³/mol. The molecule has 28 heavy (non-hydrogen) atoms. The van der Waals surface area contributed by atoms with Crippen LogP contribution in [0.1, 0.15) is 18.1 Å². The van der Waals surface area contributed by atoms with E-state index in [1.165, 1.54) is 0 Å². The number of methoxy groups -OCH3 is 1. The van der Waals surface area contributed by atoms with Crippen molar-refractivity contribution in [1.29, 1.82) is 0 Å². The minimum atomic E-state index is -3.01. The van der Waals surface area contributed by atoms with E-state index in [0.717, 1.165) is 17.1 Å². The average molecular weight is 403 g/mol. The Balaban J connectivity index is 1.52. The number of furan rings is 1. The van der Waals surface area contributed by atoms with Gasteiger partial charge >= 0.3 is 0 Å². The molecular weight excluding hydrogens is 382 g/mol. The van der Waals surface area contributed by atoms with Gasteiger partial charge in [0.15, 0.2) is 9.84 Å². The number of hydrogen-bond acceptors (Lipinski definition) is 8. The Morgan fingerprint density at radius 1 is 1.21 bits per heavy atom. The number of nitrogens with zero attached hydrogens (tertiary/aromatic N) is 3. The van der Waals surface area contributed by atoms with Crippen molar-refractivity contribution in [3.05, 3.63) is 54.3 Å². The van der Waals surface area contributed by atoms with Crippen LogP contribution >= 0.6 is 0 Å². The number of hydrogen-bond donors (Lipinski definition) is 0. The first kappa shape index (κ1) is 18.7. The summed E-state index contributed by atoms with van der Waals surface area (Å²) in [5.74, 6) is 2.76. The maximum absolute atomic E-state index is 11.9. The largest absolute Gasteiger partial charge is 0.497 e. The molecule has 0 amide bonds. The van der Waals surface area contributed by atoms with Crippen LogP contribution in [0.4, 0.5) is 0 Å². The molecule has 1 saturated heterocycles. The highest BCUT2D eigenvalue weighted by atomic mass is 32.2. The van der Waals surface area contributed by atoms with Crippen LogP contribution in [0, 0.1) is 0 Å². The molecule has 1 aromatic carbocycles. The molecule has 0 aliphatic carbocycles. The summed E-state index contributed by atoms with van der Waals surface area (Å²) in [7, 11) is -1.40. The average Bonchev–Trinajstić information content (AvgIpc) is 3.43. The molecule has 0 N–H and O–H groups in total. The highest BCUT2D eigenvalue weighted by Crippen LogP contribution is 2.24. The van der Waals surface area contributed by atoms with Crippen LogP contribution in [0.15, 0.2) is 51.6 Å². The van der Waals surface area contributed by atoms with Crippen molar-refractivity contribution in [2.45, 2.75) is 25.6 Å². The third kappa shape index (κ3) is 4.26. The summed E-state index contributed by atoms with van der Waals surface area (Å²) >= 11 is 0. The highest BCUT2D eigenvalue weighted by molar-refractivity contribution is 7.91. The first-order chi connectivity index (χ1) is 13.5. The number of rotatable bonds is 7. The van der Waals surface area contributed by atoms with Gasteiger partial charge in [-0.2, -0.15) is 4.98 Å².